The molecule has 0 amide bonds. The van der Waals surface area contributed by atoms with Crippen molar-refractivity contribution >= 4 is 5.78 Å². The zero-order chi connectivity index (χ0) is 17.8. The zero-order valence-electron chi connectivity index (χ0n) is 15.1. The van der Waals surface area contributed by atoms with Crippen molar-refractivity contribution in [2.75, 3.05) is 26.2 Å². The van der Waals surface area contributed by atoms with E-state index in [0.29, 0.717) is 18.4 Å². The lowest BCUT2D eigenvalue weighted by Gasteiger charge is -2.14. The largest absolute Gasteiger partial charge is 0.396 e. The van der Waals surface area contributed by atoms with E-state index in [9.17, 15) is 9.90 Å². The number of nitrogens with zero attached hydrogens (tertiary/aromatic N) is 1. The number of carbonyl (C=O) groups is 1. The van der Waals surface area contributed by atoms with Gasteiger partial charge >= 0.3 is 0 Å². The summed E-state index contributed by atoms with van der Waals surface area (Å²) in [4.78, 5) is 14.8. The topological polar surface area (TPSA) is 40.5 Å². The molecular formula is C22H27NO2. The fraction of sp³-hybridized carbons (Fsp3) is 0.409. The Bertz CT molecular complexity index is 711. The molecule has 1 heterocycles. The molecule has 132 valence electrons. The maximum absolute atomic E-state index is 12.6. The van der Waals surface area contributed by atoms with Crippen LogP contribution in [0.5, 0.6) is 0 Å². The molecule has 1 aliphatic rings. The van der Waals surface area contributed by atoms with Crippen LogP contribution in [0.1, 0.15) is 29.3 Å². The molecule has 25 heavy (non-hydrogen) atoms. The second-order valence-electron chi connectivity index (χ2n) is 7.18. The third-order valence-corrected chi connectivity index (χ3v) is 5.34. The summed E-state index contributed by atoms with van der Waals surface area (Å²) in [5, 5.41) is 9.48. The van der Waals surface area contributed by atoms with Crippen molar-refractivity contribution in [2.45, 2.75) is 20.3 Å². The Kier molecular flexibility index (Phi) is 5.67. The average Bonchev–Trinajstić information content (AvgIpc) is 3.03. The lowest BCUT2D eigenvalue weighted by molar-refractivity contribution is 0.0940. The van der Waals surface area contributed by atoms with Crippen LogP contribution in [0.25, 0.3) is 11.1 Å². The van der Waals surface area contributed by atoms with Crippen LogP contribution in [0.2, 0.25) is 0 Å². The van der Waals surface area contributed by atoms with Crippen molar-refractivity contribution in [1.29, 1.82) is 0 Å². The molecule has 0 saturated carbocycles. The average molecular weight is 337 g/mol. The van der Waals surface area contributed by atoms with Crippen molar-refractivity contribution < 1.29 is 9.90 Å². The molecule has 2 aromatic carbocycles. The van der Waals surface area contributed by atoms with Gasteiger partial charge in [0.25, 0.3) is 0 Å². The number of aryl methyl sites for hydroxylation is 1. The highest BCUT2D eigenvalue weighted by Gasteiger charge is 2.31. The van der Waals surface area contributed by atoms with Gasteiger partial charge in [0.05, 0.1) is 6.54 Å². The van der Waals surface area contributed by atoms with Crippen LogP contribution in [0, 0.1) is 18.8 Å². The van der Waals surface area contributed by atoms with Crippen molar-refractivity contribution in [3.63, 3.8) is 0 Å². The fourth-order valence-corrected chi connectivity index (χ4v) is 3.80. The van der Waals surface area contributed by atoms with Crippen molar-refractivity contribution in [3.05, 3.63) is 59.7 Å². The Morgan fingerprint density at radius 1 is 1.08 bits per heavy atom. The second-order valence-corrected chi connectivity index (χ2v) is 7.18. The van der Waals surface area contributed by atoms with Gasteiger partial charge < -0.3 is 5.11 Å². The normalized spacial score (nSPS) is 20.8. The van der Waals surface area contributed by atoms with Gasteiger partial charge in [0.1, 0.15) is 0 Å². The number of hydrogen-bond acceptors (Lipinski definition) is 3. The van der Waals surface area contributed by atoms with Gasteiger partial charge in [-0.3, -0.25) is 9.69 Å². The first-order valence-electron chi connectivity index (χ1n) is 9.14. The molecule has 1 N–H and O–H groups in total. The summed E-state index contributed by atoms with van der Waals surface area (Å²) >= 11 is 0. The van der Waals surface area contributed by atoms with Crippen molar-refractivity contribution in [3.8, 4) is 11.1 Å². The van der Waals surface area contributed by atoms with Gasteiger partial charge in [-0.15, -0.1) is 0 Å². The Morgan fingerprint density at radius 2 is 1.80 bits per heavy atom. The summed E-state index contributed by atoms with van der Waals surface area (Å²) < 4.78 is 0. The zero-order valence-corrected chi connectivity index (χ0v) is 15.1. The van der Waals surface area contributed by atoms with E-state index >= 15 is 0 Å². The Balaban J connectivity index is 1.65. The number of benzene rings is 2. The number of likely N-dealkylation sites (tertiary alicyclic amines) is 1. The fourth-order valence-electron chi connectivity index (χ4n) is 3.80. The smallest absolute Gasteiger partial charge is 0.176 e. The van der Waals surface area contributed by atoms with Crippen LogP contribution in [0.4, 0.5) is 0 Å². The molecule has 1 aliphatic heterocycles. The van der Waals surface area contributed by atoms with Gasteiger partial charge in [0.15, 0.2) is 5.78 Å². The summed E-state index contributed by atoms with van der Waals surface area (Å²) in [5.74, 6) is 0.965. The van der Waals surface area contributed by atoms with Crippen LogP contribution in [-0.2, 0) is 0 Å². The summed E-state index contributed by atoms with van der Waals surface area (Å²) in [6, 6.07) is 16.3. The predicted octanol–water partition coefficient (Wildman–Crippen LogP) is 3.80. The van der Waals surface area contributed by atoms with E-state index in [0.717, 1.165) is 30.6 Å². The van der Waals surface area contributed by atoms with Gasteiger partial charge in [-0.25, -0.2) is 0 Å². The van der Waals surface area contributed by atoms with E-state index in [4.69, 9.17) is 0 Å². The van der Waals surface area contributed by atoms with E-state index in [-0.39, 0.29) is 12.4 Å². The van der Waals surface area contributed by atoms with Crippen LogP contribution in [0.3, 0.4) is 0 Å². The van der Waals surface area contributed by atoms with E-state index in [2.05, 4.69) is 43.0 Å². The SMILES string of the molecule is CC[C@@H]1CN(CC(=O)c2ccc(-c3cccc(C)c3)cc2)C[C@@H]1CO. The Hall–Kier alpha value is -1.97. The molecule has 1 fully saturated rings. The molecule has 3 rings (SSSR count). The standard InChI is InChI=1S/C22H27NO2/c1-3-17-12-23(13-21(17)15-24)14-22(25)19-9-7-18(8-10-19)20-6-4-5-16(2)11-20/h4-11,17,21,24H,3,12-15H2,1-2H3/t17-,21-/m1/s1. The van der Waals surface area contributed by atoms with Crippen molar-refractivity contribution in [1.82, 2.24) is 4.90 Å². The molecule has 1 saturated heterocycles. The van der Waals surface area contributed by atoms with E-state index in [1.165, 1.54) is 11.1 Å². The predicted molar refractivity (Wildman–Crippen MR) is 102 cm³/mol. The third kappa shape index (κ3) is 4.17. The molecule has 2 atom stereocenters. The third-order valence-electron chi connectivity index (χ3n) is 5.34. The molecule has 0 radical (unpaired) electrons. The number of Topliss-reactive ketones (excluding diaryl/α,β-unsaturated/α-hetero) is 1. The first kappa shape index (κ1) is 17.8. The maximum Gasteiger partial charge on any atom is 0.176 e. The summed E-state index contributed by atoms with van der Waals surface area (Å²) in [6.07, 6.45) is 1.06. The van der Waals surface area contributed by atoms with Gasteiger partial charge in [-0.1, -0.05) is 67.4 Å². The van der Waals surface area contributed by atoms with Crippen LogP contribution < -0.4 is 0 Å². The minimum Gasteiger partial charge on any atom is -0.396 e. The van der Waals surface area contributed by atoms with E-state index in [1.807, 2.05) is 24.3 Å². The highest BCUT2D eigenvalue weighted by molar-refractivity contribution is 5.98. The van der Waals surface area contributed by atoms with Gasteiger partial charge in [-0.2, -0.15) is 0 Å². The number of aliphatic hydroxyl groups excluding tert-OH is 1. The minimum atomic E-state index is 0.157. The molecule has 0 bridgehead atoms. The summed E-state index contributed by atoms with van der Waals surface area (Å²) in [5.41, 5.74) is 4.30. The quantitative estimate of drug-likeness (QED) is 0.815. The molecule has 3 nitrogen and oxygen atoms in total. The van der Waals surface area contributed by atoms with E-state index in [1.54, 1.807) is 0 Å². The molecule has 3 heteroatoms. The van der Waals surface area contributed by atoms with Gasteiger partial charge in [0.2, 0.25) is 0 Å². The van der Waals surface area contributed by atoms with Crippen LogP contribution in [0.15, 0.2) is 48.5 Å². The number of carbonyl (C=O) groups excluding carboxylic acids is 1. The number of aliphatic hydroxyl groups is 1. The monoisotopic (exact) mass is 337 g/mol. The summed E-state index contributed by atoms with van der Waals surface area (Å²) in [6.45, 7) is 6.63. The molecule has 0 aliphatic carbocycles. The van der Waals surface area contributed by atoms with Crippen LogP contribution in [-0.4, -0.2) is 42.0 Å². The highest BCUT2D eigenvalue weighted by atomic mass is 16.3. The first-order valence-corrected chi connectivity index (χ1v) is 9.14. The number of rotatable bonds is 6. The molecule has 0 unspecified atom stereocenters. The molecule has 0 spiro atoms. The summed E-state index contributed by atoms with van der Waals surface area (Å²) in [7, 11) is 0. The Labute approximate surface area is 150 Å². The minimum absolute atomic E-state index is 0.157. The highest BCUT2D eigenvalue weighted by Crippen LogP contribution is 2.26. The molecular weight excluding hydrogens is 310 g/mol. The van der Waals surface area contributed by atoms with Gasteiger partial charge in [0, 0.05) is 25.3 Å². The number of ketones is 1. The van der Waals surface area contributed by atoms with E-state index < -0.39 is 0 Å². The molecule has 2 aromatic rings. The lowest BCUT2D eigenvalue weighted by Crippen LogP contribution is -2.28. The number of hydrogen-bond donors (Lipinski definition) is 1. The first-order chi connectivity index (χ1) is 12.1. The second kappa shape index (κ2) is 7.94. The maximum atomic E-state index is 12.6. The lowest BCUT2D eigenvalue weighted by atomic mass is 9.95. The van der Waals surface area contributed by atoms with Crippen molar-refractivity contribution in [2.24, 2.45) is 11.8 Å². The molecule has 0 aromatic heterocycles. The van der Waals surface area contributed by atoms with Gasteiger partial charge in [-0.05, 0) is 29.9 Å². The Morgan fingerprint density at radius 3 is 2.40 bits per heavy atom. The van der Waals surface area contributed by atoms with Crippen LogP contribution >= 0.6 is 0 Å².